The summed E-state index contributed by atoms with van der Waals surface area (Å²) in [6, 6.07) is 7.40. The lowest BCUT2D eigenvalue weighted by atomic mass is 10.2. The van der Waals surface area contributed by atoms with Gasteiger partial charge in [0.2, 0.25) is 0 Å². The maximum Gasteiger partial charge on any atom is 0.113 e. The van der Waals surface area contributed by atoms with Gasteiger partial charge in [-0.3, -0.25) is 10.4 Å². The van der Waals surface area contributed by atoms with Crippen LogP contribution in [0.3, 0.4) is 0 Å². The van der Waals surface area contributed by atoms with Gasteiger partial charge in [-0.25, -0.2) is 0 Å². The molecule has 0 aromatic heterocycles. The summed E-state index contributed by atoms with van der Waals surface area (Å²) in [4.78, 5) is 3.95. The predicted molar refractivity (Wildman–Crippen MR) is 55.2 cm³/mol. The molecular formula is C9H12N4. The summed E-state index contributed by atoms with van der Waals surface area (Å²) in [5.41, 5.74) is 12.3. The number of rotatable bonds is 3. The third-order valence-corrected chi connectivity index (χ3v) is 1.49. The van der Waals surface area contributed by atoms with E-state index in [9.17, 15) is 0 Å². The lowest BCUT2D eigenvalue weighted by molar-refractivity contribution is 1.24. The van der Waals surface area contributed by atoms with E-state index in [1.807, 2.05) is 18.2 Å². The number of amidine groups is 1. The third-order valence-electron chi connectivity index (χ3n) is 1.49. The Morgan fingerprint density at radius 1 is 1.46 bits per heavy atom. The van der Waals surface area contributed by atoms with Crippen LogP contribution in [-0.2, 0) is 0 Å². The third kappa shape index (κ3) is 2.94. The number of nitrogen functional groups attached to an aromatic ring is 1. The van der Waals surface area contributed by atoms with Crippen molar-refractivity contribution in [3.8, 4) is 0 Å². The molecule has 13 heavy (non-hydrogen) atoms. The molecule has 0 saturated carbocycles. The zero-order valence-electron chi connectivity index (χ0n) is 7.20. The number of aliphatic imine (C=N–C) groups is 1. The molecule has 1 aromatic rings. The molecule has 0 aliphatic heterocycles. The van der Waals surface area contributed by atoms with Gasteiger partial charge in [-0.2, -0.15) is 0 Å². The minimum atomic E-state index is 0.0470. The fraction of sp³-hybridized carbons (Fsp3) is 0.111. The maximum atomic E-state index is 6.95. The number of nitrogens with one attached hydrogen (secondary N) is 1. The second-order valence-electron chi connectivity index (χ2n) is 2.62. The molecule has 1 aromatic carbocycles. The molecule has 5 N–H and O–H groups in total. The van der Waals surface area contributed by atoms with Crippen LogP contribution in [0.25, 0.3) is 0 Å². The molecule has 0 unspecified atom stereocenters. The van der Waals surface area contributed by atoms with Crippen molar-refractivity contribution in [2.24, 2.45) is 10.7 Å². The van der Waals surface area contributed by atoms with E-state index in [0.29, 0.717) is 5.69 Å². The Labute approximate surface area is 76.8 Å². The van der Waals surface area contributed by atoms with Crippen LogP contribution in [0.4, 0.5) is 5.69 Å². The summed E-state index contributed by atoms with van der Waals surface area (Å²) in [5, 5.41) is 6.95. The van der Waals surface area contributed by atoms with E-state index in [-0.39, 0.29) is 12.4 Å². The number of para-hydroxylation sites is 1. The normalized spacial score (nSPS) is 10.5. The molecule has 0 amide bonds. The van der Waals surface area contributed by atoms with Crippen LogP contribution in [-0.4, -0.2) is 18.6 Å². The largest absolute Gasteiger partial charge is 0.398 e. The highest BCUT2D eigenvalue weighted by molar-refractivity contribution is 5.88. The lowest BCUT2D eigenvalue weighted by Gasteiger charge is -1.97. The molecule has 0 saturated heterocycles. The van der Waals surface area contributed by atoms with Crippen molar-refractivity contribution < 1.29 is 0 Å². The van der Waals surface area contributed by atoms with E-state index >= 15 is 0 Å². The SMILES string of the molecule is N=C(N)CN=Cc1ccccc1N. The Balaban J connectivity index is 2.68. The molecule has 0 radical (unpaired) electrons. The van der Waals surface area contributed by atoms with Crippen molar-refractivity contribution in [1.29, 1.82) is 5.41 Å². The average Bonchev–Trinajstić information content (AvgIpc) is 2.08. The van der Waals surface area contributed by atoms with Crippen LogP contribution in [0.1, 0.15) is 5.56 Å². The van der Waals surface area contributed by atoms with Gasteiger partial charge in [0.25, 0.3) is 0 Å². The highest BCUT2D eigenvalue weighted by Crippen LogP contribution is 2.06. The number of nitrogens with zero attached hydrogens (tertiary/aromatic N) is 1. The molecule has 0 aliphatic rings. The zero-order valence-corrected chi connectivity index (χ0v) is 7.20. The summed E-state index contributed by atoms with van der Waals surface area (Å²) in [6.07, 6.45) is 1.62. The van der Waals surface area contributed by atoms with Gasteiger partial charge in [0.05, 0.1) is 6.54 Å². The molecule has 1 rings (SSSR count). The van der Waals surface area contributed by atoms with Gasteiger partial charge in [0, 0.05) is 17.5 Å². The highest BCUT2D eigenvalue weighted by atomic mass is 14.8. The summed E-state index contributed by atoms with van der Waals surface area (Å²) >= 11 is 0. The molecule has 0 heterocycles. The van der Waals surface area contributed by atoms with Crippen molar-refractivity contribution in [3.63, 3.8) is 0 Å². The molecule has 0 fully saturated rings. The molecule has 0 bridgehead atoms. The average molecular weight is 176 g/mol. The molecule has 0 atom stereocenters. The van der Waals surface area contributed by atoms with Gasteiger partial charge in [-0.05, 0) is 6.07 Å². The zero-order chi connectivity index (χ0) is 9.68. The summed E-state index contributed by atoms with van der Waals surface area (Å²) < 4.78 is 0. The standard InChI is InChI=1S/C9H12N4/c10-8-4-2-1-3-7(8)5-13-6-9(11)12/h1-5H,6,10H2,(H3,11,12). The topological polar surface area (TPSA) is 88.2 Å². The van der Waals surface area contributed by atoms with Crippen molar-refractivity contribution >= 4 is 17.7 Å². The Morgan fingerprint density at radius 2 is 2.15 bits per heavy atom. The van der Waals surface area contributed by atoms with Gasteiger partial charge in [-0.15, -0.1) is 0 Å². The minimum absolute atomic E-state index is 0.0470. The molecule has 68 valence electrons. The van der Waals surface area contributed by atoms with Gasteiger partial charge in [0.1, 0.15) is 5.84 Å². The smallest absolute Gasteiger partial charge is 0.113 e. The Morgan fingerprint density at radius 3 is 2.77 bits per heavy atom. The van der Waals surface area contributed by atoms with Crippen LogP contribution < -0.4 is 11.5 Å². The maximum absolute atomic E-state index is 6.95. The fourth-order valence-electron chi connectivity index (χ4n) is 0.871. The van der Waals surface area contributed by atoms with Gasteiger partial charge in [0.15, 0.2) is 0 Å². The van der Waals surface area contributed by atoms with E-state index in [1.54, 1.807) is 12.3 Å². The number of nitrogens with two attached hydrogens (primary N) is 2. The number of benzene rings is 1. The van der Waals surface area contributed by atoms with Crippen molar-refractivity contribution in [2.45, 2.75) is 0 Å². The molecule has 4 heteroatoms. The Bertz CT molecular complexity index is 330. The van der Waals surface area contributed by atoms with Crippen LogP contribution in [0.2, 0.25) is 0 Å². The lowest BCUT2D eigenvalue weighted by Crippen LogP contribution is -2.13. The Hall–Kier alpha value is -1.84. The quantitative estimate of drug-likeness (QED) is 0.358. The molecule has 4 nitrogen and oxygen atoms in total. The van der Waals surface area contributed by atoms with E-state index < -0.39 is 0 Å². The minimum Gasteiger partial charge on any atom is -0.398 e. The predicted octanol–water partition coefficient (Wildman–Crippen LogP) is 0.624. The second-order valence-corrected chi connectivity index (χ2v) is 2.62. The van der Waals surface area contributed by atoms with Crippen molar-refractivity contribution in [3.05, 3.63) is 29.8 Å². The van der Waals surface area contributed by atoms with E-state index in [1.165, 1.54) is 0 Å². The first-order valence-corrected chi connectivity index (χ1v) is 3.87. The van der Waals surface area contributed by atoms with Gasteiger partial charge in [-0.1, -0.05) is 18.2 Å². The first kappa shape index (κ1) is 9.25. The van der Waals surface area contributed by atoms with Crippen LogP contribution in [0.5, 0.6) is 0 Å². The number of hydrogen-bond donors (Lipinski definition) is 3. The Kier molecular flexibility index (Phi) is 3.03. The molecular weight excluding hydrogens is 164 g/mol. The van der Waals surface area contributed by atoms with E-state index in [0.717, 1.165) is 5.56 Å². The van der Waals surface area contributed by atoms with Gasteiger partial charge >= 0.3 is 0 Å². The summed E-state index contributed by atoms with van der Waals surface area (Å²) in [7, 11) is 0. The first-order chi connectivity index (χ1) is 6.20. The monoisotopic (exact) mass is 176 g/mol. The van der Waals surface area contributed by atoms with Crippen molar-refractivity contribution in [2.75, 3.05) is 12.3 Å². The summed E-state index contributed by atoms with van der Waals surface area (Å²) in [6.45, 7) is 0.217. The fourth-order valence-corrected chi connectivity index (χ4v) is 0.871. The van der Waals surface area contributed by atoms with Gasteiger partial charge < -0.3 is 11.5 Å². The van der Waals surface area contributed by atoms with Crippen LogP contribution in [0, 0.1) is 5.41 Å². The van der Waals surface area contributed by atoms with E-state index in [4.69, 9.17) is 16.9 Å². The number of anilines is 1. The number of hydrogen-bond acceptors (Lipinski definition) is 3. The highest BCUT2D eigenvalue weighted by Gasteiger charge is 1.91. The first-order valence-electron chi connectivity index (χ1n) is 3.87. The van der Waals surface area contributed by atoms with Crippen LogP contribution >= 0.6 is 0 Å². The summed E-state index contributed by atoms with van der Waals surface area (Å²) in [5.74, 6) is 0.0470. The molecule has 0 aliphatic carbocycles. The van der Waals surface area contributed by atoms with Crippen LogP contribution in [0.15, 0.2) is 29.3 Å². The van der Waals surface area contributed by atoms with E-state index in [2.05, 4.69) is 4.99 Å². The molecule has 0 spiro atoms. The van der Waals surface area contributed by atoms with Crippen molar-refractivity contribution in [1.82, 2.24) is 0 Å². The second kappa shape index (κ2) is 4.25.